The van der Waals surface area contributed by atoms with Crippen molar-refractivity contribution < 1.29 is 9.59 Å². The summed E-state index contributed by atoms with van der Waals surface area (Å²) in [6.45, 7) is 0. The maximum absolute atomic E-state index is 12.7. The number of dihydropyridines is 1. The van der Waals surface area contributed by atoms with Gasteiger partial charge in [-0.2, -0.15) is 5.26 Å². The van der Waals surface area contributed by atoms with Crippen LogP contribution in [-0.2, 0) is 9.59 Å². The summed E-state index contributed by atoms with van der Waals surface area (Å²) in [7, 11) is 0. The Labute approximate surface area is 187 Å². The number of thioether (sulfide) groups is 1. The number of halogens is 1. The molecule has 0 bridgehead atoms. The number of carbonyl (C=O) groups is 2. The predicted octanol–water partition coefficient (Wildman–Crippen LogP) is 5.20. The first-order valence-electron chi connectivity index (χ1n) is 9.46. The number of nitriles is 1. The molecule has 1 aliphatic carbocycles. The maximum atomic E-state index is 12.7. The number of benzene rings is 1. The summed E-state index contributed by atoms with van der Waals surface area (Å²) < 4.78 is 0. The van der Waals surface area contributed by atoms with E-state index in [9.17, 15) is 14.9 Å². The number of anilines is 1. The molecule has 0 radical (unpaired) electrons. The Morgan fingerprint density at radius 2 is 2.20 bits per heavy atom. The summed E-state index contributed by atoms with van der Waals surface area (Å²) in [5.74, 6) is -0.329. The van der Waals surface area contributed by atoms with Crippen LogP contribution in [0.2, 0.25) is 5.02 Å². The Morgan fingerprint density at radius 1 is 1.33 bits per heavy atom. The Bertz CT molecular complexity index is 1100. The second-order valence-electron chi connectivity index (χ2n) is 6.94. The molecule has 4 rings (SSSR count). The van der Waals surface area contributed by atoms with Crippen LogP contribution in [0.15, 0.2) is 63.7 Å². The van der Waals surface area contributed by atoms with Crippen LogP contribution in [0.3, 0.4) is 0 Å². The molecule has 1 amide bonds. The summed E-state index contributed by atoms with van der Waals surface area (Å²) in [6, 6.07) is 13.1. The molecule has 2 N–H and O–H groups in total. The van der Waals surface area contributed by atoms with Gasteiger partial charge in [0.1, 0.15) is 0 Å². The number of carbonyl (C=O) groups excluding carboxylic acids is 2. The van der Waals surface area contributed by atoms with Crippen LogP contribution in [0.5, 0.6) is 0 Å². The zero-order valence-electron chi connectivity index (χ0n) is 15.9. The Hall–Kier alpha value is -2.53. The molecule has 5 nitrogen and oxygen atoms in total. The molecule has 8 heteroatoms. The van der Waals surface area contributed by atoms with Gasteiger partial charge in [0, 0.05) is 33.3 Å². The molecule has 1 aliphatic heterocycles. The van der Waals surface area contributed by atoms with E-state index >= 15 is 0 Å². The highest BCUT2D eigenvalue weighted by molar-refractivity contribution is 8.03. The minimum absolute atomic E-state index is 0.0950. The van der Waals surface area contributed by atoms with Crippen LogP contribution in [0, 0.1) is 11.3 Å². The molecule has 0 fully saturated rings. The molecule has 0 saturated carbocycles. The van der Waals surface area contributed by atoms with Gasteiger partial charge in [0.25, 0.3) is 0 Å². The van der Waals surface area contributed by atoms with E-state index in [0.717, 1.165) is 23.4 Å². The van der Waals surface area contributed by atoms with Crippen molar-refractivity contribution in [2.24, 2.45) is 0 Å². The van der Waals surface area contributed by atoms with Crippen molar-refractivity contribution in [1.29, 1.82) is 5.26 Å². The van der Waals surface area contributed by atoms with Crippen LogP contribution >= 0.6 is 34.7 Å². The summed E-state index contributed by atoms with van der Waals surface area (Å²) in [6.07, 6.45) is 2.06. The van der Waals surface area contributed by atoms with Gasteiger partial charge in [-0.15, -0.1) is 11.3 Å². The fraction of sp³-hybridized carbons (Fsp3) is 0.227. The van der Waals surface area contributed by atoms with Crippen molar-refractivity contribution in [2.75, 3.05) is 11.1 Å². The predicted molar refractivity (Wildman–Crippen MR) is 121 cm³/mol. The highest BCUT2D eigenvalue weighted by Gasteiger charge is 2.37. The van der Waals surface area contributed by atoms with E-state index in [1.807, 2.05) is 17.5 Å². The lowest BCUT2D eigenvalue weighted by Crippen LogP contribution is -2.31. The van der Waals surface area contributed by atoms with Crippen LogP contribution in [0.4, 0.5) is 5.69 Å². The van der Waals surface area contributed by atoms with Gasteiger partial charge in [-0.25, -0.2) is 0 Å². The first kappa shape index (κ1) is 20.7. The van der Waals surface area contributed by atoms with E-state index in [2.05, 4.69) is 16.7 Å². The monoisotopic (exact) mass is 455 g/mol. The van der Waals surface area contributed by atoms with Crippen molar-refractivity contribution in [3.8, 4) is 6.07 Å². The third kappa shape index (κ3) is 4.31. The second kappa shape index (κ2) is 9.09. The van der Waals surface area contributed by atoms with Gasteiger partial charge in [0.15, 0.2) is 5.78 Å². The topological polar surface area (TPSA) is 82.0 Å². The highest BCUT2D eigenvalue weighted by atomic mass is 35.5. The lowest BCUT2D eigenvalue weighted by molar-refractivity contribution is -0.116. The number of ketones is 1. The number of thiophene rings is 1. The third-order valence-electron chi connectivity index (χ3n) is 4.95. The van der Waals surface area contributed by atoms with Gasteiger partial charge in [-0.05, 0) is 42.5 Å². The molecule has 2 heterocycles. The van der Waals surface area contributed by atoms with Gasteiger partial charge in [0.2, 0.25) is 5.91 Å². The standard InChI is InChI=1S/C22H18ClN3O2S2/c23-13-4-1-5-14(10-13)25-19(28)12-30-22-15(11-24)20(18-8-3-9-29-18)21-16(26-22)6-2-7-17(21)27/h1,3-5,8-10,20,26H,2,6-7,12H2,(H,25,28)/t20-/m0/s1. The summed E-state index contributed by atoms with van der Waals surface area (Å²) >= 11 is 8.78. The number of hydrogen-bond donors (Lipinski definition) is 2. The van der Waals surface area contributed by atoms with Crippen LogP contribution in [-0.4, -0.2) is 17.4 Å². The quantitative estimate of drug-likeness (QED) is 0.647. The normalized spacial score (nSPS) is 18.5. The number of rotatable bonds is 5. The molecule has 0 unspecified atom stereocenters. The lowest BCUT2D eigenvalue weighted by Gasteiger charge is -2.32. The van der Waals surface area contributed by atoms with Gasteiger partial charge in [-0.3, -0.25) is 9.59 Å². The van der Waals surface area contributed by atoms with Crippen molar-refractivity contribution in [1.82, 2.24) is 5.32 Å². The number of amides is 1. The highest BCUT2D eigenvalue weighted by Crippen LogP contribution is 2.45. The first-order valence-corrected chi connectivity index (χ1v) is 11.7. The largest absolute Gasteiger partial charge is 0.352 e. The number of hydrogen-bond acceptors (Lipinski definition) is 6. The molecule has 152 valence electrons. The van der Waals surface area contributed by atoms with Gasteiger partial charge < -0.3 is 10.6 Å². The van der Waals surface area contributed by atoms with Gasteiger partial charge >= 0.3 is 0 Å². The van der Waals surface area contributed by atoms with E-state index in [4.69, 9.17) is 11.6 Å². The van der Waals surface area contributed by atoms with Crippen molar-refractivity contribution in [3.05, 3.63) is 73.6 Å². The number of nitrogens with one attached hydrogen (secondary N) is 2. The minimum atomic E-state index is -0.363. The Morgan fingerprint density at radius 3 is 2.93 bits per heavy atom. The fourth-order valence-corrected chi connectivity index (χ4v) is 5.57. The molecular weight excluding hydrogens is 438 g/mol. The minimum Gasteiger partial charge on any atom is -0.352 e. The molecule has 30 heavy (non-hydrogen) atoms. The molecule has 1 aromatic heterocycles. The van der Waals surface area contributed by atoms with E-state index in [0.29, 0.717) is 33.3 Å². The van der Waals surface area contributed by atoms with E-state index in [1.165, 1.54) is 23.1 Å². The van der Waals surface area contributed by atoms with E-state index in [1.54, 1.807) is 24.3 Å². The average Bonchev–Trinajstić information content (AvgIpc) is 3.26. The number of Topliss-reactive ketones (excluding diaryl/α,β-unsaturated/α-hetero) is 1. The first-order chi connectivity index (χ1) is 14.6. The van der Waals surface area contributed by atoms with Crippen LogP contribution < -0.4 is 10.6 Å². The van der Waals surface area contributed by atoms with Crippen LogP contribution in [0.25, 0.3) is 0 Å². The van der Waals surface area contributed by atoms with Crippen LogP contribution in [0.1, 0.15) is 30.1 Å². The van der Waals surface area contributed by atoms with Crippen molar-refractivity contribution >= 4 is 52.1 Å². The number of nitrogens with zero attached hydrogens (tertiary/aromatic N) is 1. The Kier molecular flexibility index (Phi) is 6.28. The molecule has 2 aliphatic rings. The van der Waals surface area contributed by atoms with Gasteiger partial charge in [-0.1, -0.05) is 35.5 Å². The zero-order valence-corrected chi connectivity index (χ0v) is 18.3. The SMILES string of the molecule is N#CC1=C(SCC(=O)Nc2cccc(Cl)c2)NC2=C(C(=O)CCC2)[C@@H]1c1cccs1. The summed E-state index contributed by atoms with van der Waals surface area (Å²) in [5, 5.41) is 19.2. The Balaban J connectivity index is 1.57. The fourth-order valence-electron chi connectivity index (χ4n) is 3.68. The lowest BCUT2D eigenvalue weighted by atomic mass is 9.79. The number of allylic oxidation sites excluding steroid dienone is 3. The summed E-state index contributed by atoms with van der Waals surface area (Å²) in [4.78, 5) is 26.1. The second-order valence-corrected chi connectivity index (χ2v) is 9.35. The molecule has 1 aromatic carbocycles. The molecule has 0 saturated heterocycles. The third-order valence-corrected chi connectivity index (χ3v) is 7.14. The molecule has 1 atom stereocenters. The molecule has 2 aromatic rings. The maximum Gasteiger partial charge on any atom is 0.234 e. The van der Waals surface area contributed by atoms with Gasteiger partial charge in [0.05, 0.1) is 28.3 Å². The summed E-state index contributed by atoms with van der Waals surface area (Å²) in [5.41, 5.74) is 2.69. The van der Waals surface area contributed by atoms with Crippen molar-refractivity contribution in [2.45, 2.75) is 25.2 Å². The molecular formula is C22H18ClN3O2S2. The smallest absolute Gasteiger partial charge is 0.234 e. The molecule has 0 spiro atoms. The zero-order chi connectivity index (χ0) is 21.1. The average molecular weight is 456 g/mol. The van der Waals surface area contributed by atoms with E-state index < -0.39 is 0 Å². The van der Waals surface area contributed by atoms with E-state index in [-0.39, 0.29) is 23.4 Å². The van der Waals surface area contributed by atoms with Crippen molar-refractivity contribution in [3.63, 3.8) is 0 Å².